The van der Waals surface area contributed by atoms with E-state index < -0.39 is 68.5 Å². The summed E-state index contributed by atoms with van der Waals surface area (Å²) in [7, 11) is 0. The summed E-state index contributed by atoms with van der Waals surface area (Å²) >= 11 is 0. The van der Waals surface area contributed by atoms with Gasteiger partial charge in [0.2, 0.25) is 0 Å². The quantitative estimate of drug-likeness (QED) is 0.153. The van der Waals surface area contributed by atoms with E-state index in [9.17, 15) is 35.7 Å². The highest BCUT2D eigenvalue weighted by molar-refractivity contribution is 5.82. The predicted octanol–water partition coefficient (Wildman–Crippen LogP) is -3.39. The summed E-state index contributed by atoms with van der Waals surface area (Å²) in [4.78, 5) is 12.7. The molecule has 200 valence electrons. The fraction of sp³-hybridized carbons (Fsp3) is 0.667. The van der Waals surface area contributed by atoms with Crippen LogP contribution in [0.2, 0.25) is 0 Å². The van der Waals surface area contributed by atoms with Gasteiger partial charge in [-0.2, -0.15) is 0 Å². The topological polar surface area (TPSA) is 225 Å². The van der Waals surface area contributed by atoms with Crippen molar-refractivity contribution in [2.75, 3.05) is 31.7 Å². The maximum atomic E-state index is 10.3. The lowest BCUT2D eigenvalue weighted by atomic mass is 9.99. The van der Waals surface area contributed by atoms with Crippen molar-refractivity contribution in [3.63, 3.8) is 0 Å². The normalized spacial score (nSPS) is 35.4. The average molecular weight is 514 g/mol. The standard InChI is InChI=1S/C21H31N5O10/c1-9(2-3-34-21-17(33)15(31)13(29)11(6-28)36-21)4-22-18-12-19(24-7-23-18)26(8-25-12)20-16(32)14(30)10(5-27)35-20/h2,7-8,10-11,13-17,20-21,27-33H,3-6H2,1H3,(H,22,23,24)/b9-2-/t10-,11-,13-,14-,15+,16-,17-,20-,21-/m1/s1. The van der Waals surface area contributed by atoms with Gasteiger partial charge in [0.15, 0.2) is 29.5 Å². The molecule has 2 aromatic heterocycles. The van der Waals surface area contributed by atoms with Gasteiger partial charge in [0.25, 0.3) is 0 Å². The first-order valence-corrected chi connectivity index (χ1v) is 11.4. The van der Waals surface area contributed by atoms with Crippen molar-refractivity contribution in [1.29, 1.82) is 0 Å². The summed E-state index contributed by atoms with van der Waals surface area (Å²) in [6, 6.07) is 0. The number of nitrogens with one attached hydrogen (secondary N) is 1. The summed E-state index contributed by atoms with van der Waals surface area (Å²) in [5, 5.41) is 71.7. The highest BCUT2D eigenvalue weighted by Crippen LogP contribution is 2.32. The van der Waals surface area contributed by atoms with Crippen molar-refractivity contribution in [2.45, 2.75) is 62.2 Å². The molecule has 0 amide bonds. The van der Waals surface area contributed by atoms with Crippen LogP contribution in [0.1, 0.15) is 13.2 Å². The van der Waals surface area contributed by atoms with E-state index in [1.165, 1.54) is 17.2 Å². The zero-order valence-electron chi connectivity index (χ0n) is 19.4. The van der Waals surface area contributed by atoms with E-state index in [0.717, 1.165) is 5.57 Å². The molecule has 4 heterocycles. The van der Waals surface area contributed by atoms with Gasteiger partial charge in [-0.3, -0.25) is 4.57 Å². The molecule has 2 aliphatic rings. The lowest BCUT2D eigenvalue weighted by molar-refractivity contribution is -0.298. The molecule has 9 atom stereocenters. The van der Waals surface area contributed by atoms with Gasteiger partial charge in [-0.15, -0.1) is 0 Å². The van der Waals surface area contributed by atoms with Crippen molar-refractivity contribution in [2.24, 2.45) is 0 Å². The molecule has 2 aliphatic heterocycles. The molecule has 8 N–H and O–H groups in total. The number of aliphatic hydroxyl groups excluding tert-OH is 7. The third-order valence-corrected chi connectivity index (χ3v) is 6.23. The number of anilines is 1. The molecule has 0 spiro atoms. The zero-order valence-corrected chi connectivity index (χ0v) is 19.4. The van der Waals surface area contributed by atoms with Crippen molar-refractivity contribution < 1.29 is 50.0 Å². The predicted molar refractivity (Wildman–Crippen MR) is 120 cm³/mol. The summed E-state index contributed by atoms with van der Waals surface area (Å²) in [5.74, 6) is 0.410. The second kappa shape index (κ2) is 11.4. The molecule has 2 aromatic rings. The number of fused-ring (bicyclic) bond motifs is 1. The molecule has 0 radical (unpaired) electrons. The van der Waals surface area contributed by atoms with Crippen LogP contribution >= 0.6 is 0 Å². The highest BCUT2D eigenvalue weighted by Gasteiger charge is 2.45. The van der Waals surface area contributed by atoms with Gasteiger partial charge in [-0.1, -0.05) is 11.6 Å². The monoisotopic (exact) mass is 513 g/mol. The van der Waals surface area contributed by atoms with Gasteiger partial charge < -0.3 is 55.3 Å². The fourth-order valence-electron chi connectivity index (χ4n) is 4.06. The highest BCUT2D eigenvalue weighted by atomic mass is 16.7. The van der Waals surface area contributed by atoms with Gasteiger partial charge in [0.05, 0.1) is 26.1 Å². The van der Waals surface area contributed by atoms with E-state index in [4.69, 9.17) is 14.2 Å². The fourth-order valence-corrected chi connectivity index (χ4v) is 4.06. The largest absolute Gasteiger partial charge is 0.394 e. The molecule has 15 heteroatoms. The third kappa shape index (κ3) is 5.21. The molecule has 0 aromatic carbocycles. The summed E-state index contributed by atoms with van der Waals surface area (Å²) in [6.07, 6.45) is -6.73. The van der Waals surface area contributed by atoms with Crippen molar-refractivity contribution >= 4 is 17.0 Å². The Hall–Kier alpha value is -2.31. The second-order valence-electron chi connectivity index (χ2n) is 8.71. The average Bonchev–Trinajstić information content (AvgIpc) is 3.43. The Kier molecular flexibility index (Phi) is 8.46. The van der Waals surface area contributed by atoms with Crippen LogP contribution in [0.15, 0.2) is 24.3 Å². The van der Waals surface area contributed by atoms with Crippen LogP contribution in [-0.4, -0.2) is 131 Å². The lowest BCUT2D eigenvalue weighted by Gasteiger charge is -2.39. The molecule has 0 saturated carbocycles. The minimum absolute atomic E-state index is 0.0231. The first-order valence-electron chi connectivity index (χ1n) is 11.4. The number of hydrogen-bond acceptors (Lipinski definition) is 14. The Morgan fingerprint density at radius 1 is 0.972 bits per heavy atom. The molecule has 0 aliphatic carbocycles. The number of imidazole rings is 1. The zero-order chi connectivity index (χ0) is 26.0. The van der Waals surface area contributed by atoms with E-state index in [1.54, 1.807) is 6.08 Å². The molecular weight excluding hydrogens is 482 g/mol. The number of aromatic nitrogens is 4. The van der Waals surface area contributed by atoms with Crippen LogP contribution in [0.3, 0.4) is 0 Å². The molecule has 0 bridgehead atoms. The Morgan fingerprint density at radius 2 is 1.67 bits per heavy atom. The van der Waals surface area contributed by atoms with Crippen LogP contribution in [0.5, 0.6) is 0 Å². The van der Waals surface area contributed by atoms with E-state index in [-0.39, 0.29) is 6.61 Å². The Balaban J connectivity index is 1.36. The number of nitrogens with zero attached hydrogens (tertiary/aromatic N) is 4. The van der Waals surface area contributed by atoms with Crippen molar-refractivity contribution in [3.8, 4) is 0 Å². The van der Waals surface area contributed by atoms with Gasteiger partial charge in [0.1, 0.15) is 49.1 Å². The van der Waals surface area contributed by atoms with Crippen LogP contribution in [0.4, 0.5) is 5.82 Å². The van der Waals surface area contributed by atoms with Crippen molar-refractivity contribution in [1.82, 2.24) is 19.5 Å². The molecule has 36 heavy (non-hydrogen) atoms. The molecule has 0 unspecified atom stereocenters. The minimum Gasteiger partial charge on any atom is -0.394 e. The summed E-state index contributed by atoms with van der Waals surface area (Å²) in [6.45, 7) is 1.19. The number of aliphatic hydroxyl groups is 7. The summed E-state index contributed by atoms with van der Waals surface area (Å²) in [5.41, 5.74) is 1.59. The van der Waals surface area contributed by atoms with E-state index >= 15 is 0 Å². The van der Waals surface area contributed by atoms with Gasteiger partial charge >= 0.3 is 0 Å². The molecule has 2 fully saturated rings. The van der Waals surface area contributed by atoms with Gasteiger partial charge in [-0.05, 0) is 6.92 Å². The van der Waals surface area contributed by atoms with Crippen LogP contribution < -0.4 is 5.32 Å². The Bertz CT molecular complexity index is 1050. The molecule has 4 rings (SSSR count). The first-order chi connectivity index (χ1) is 17.3. The summed E-state index contributed by atoms with van der Waals surface area (Å²) < 4.78 is 17.8. The number of hydrogen-bond donors (Lipinski definition) is 8. The molecule has 2 saturated heterocycles. The first kappa shape index (κ1) is 26.7. The Labute approximate surface area is 205 Å². The van der Waals surface area contributed by atoms with E-state index in [1.807, 2.05) is 6.92 Å². The molecular formula is C21H31N5O10. The molecule has 15 nitrogen and oxygen atoms in total. The van der Waals surface area contributed by atoms with Gasteiger partial charge in [0, 0.05) is 6.54 Å². The van der Waals surface area contributed by atoms with Crippen LogP contribution in [0.25, 0.3) is 11.2 Å². The van der Waals surface area contributed by atoms with Gasteiger partial charge in [-0.25, -0.2) is 15.0 Å². The Morgan fingerprint density at radius 3 is 2.36 bits per heavy atom. The van der Waals surface area contributed by atoms with E-state index in [2.05, 4.69) is 20.3 Å². The van der Waals surface area contributed by atoms with Crippen molar-refractivity contribution in [3.05, 3.63) is 24.3 Å². The lowest BCUT2D eigenvalue weighted by Crippen LogP contribution is -2.59. The van der Waals surface area contributed by atoms with E-state index in [0.29, 0.717) is 23.5 Å². The SMILES string of the molecule is C/C(=C/CO[C@@H]1O[C@H](CO)[C@@H](O)[C@H](O)[C@H]1O)CNc1ncnc2c1ncn2[C@@H]1O[C@H](CO)[C@@H](O)[C@H]1O. The maximum absolute atomic E-state index is 10.3. The minimum atomic E-state index is -1.51. The number of ether oxygens (including phenoxy) is 3. The maximum Gasteiger partial charge on any atom is 0.187 e. The second-order valence-corrected chi connectivity index (χ2v) is 8.71. The van der Waals surface area contributed by atoms with Crippen LogP contribution in [-0.2, 0) is 14.2 Å². The third-order valence-electron chi connectivity index (χ3n) is 6.23. The number of rotatable bonds is 9. The van der Waals surface area contributed by atoms with Crippen LogP contribution in [0, 0.1) is 0 Å². The smallest absolute Gasteiger partial charge is 0.187 e.